The summed E-state index contributed by atoms with van der Waals surface area (Å²) in [5, 5.41) is 3.47. The number of nitrogens with one attached hydrogen (secondary N) is 1. The van der Waals surface area contributed by atoms with Crippen LogP contribution in [0.15, 0.2) is 30.3 Å². The third-order valence-corrected chi connectivity index (χ3v) is 4.99. The first-order valence-corrected chi connectivity index (χ1v) is 8.18. The highest BCUT2D eigenvalue weighted by atomic mass is 16.2. The van der Waals surface area contributed by atoms with Crippen LogP contribution in [-0.2, 0) is 4.79 Å². The lowest BCUT2D eigenvalue weighted by molar-refractivity contribution is -0.137. The zero-order valence-corrected chi connectivity index (χ0v) is 13.1. The second-order valence-electron chi connectivity index (χ2n) is 7.00. The third-order valence-electron chi connectivity index (χ3n) is 4.99. The summed E-state index contributed by atoms with van der Waals surface area (Å²) in [6.45, 7) is 8.01. The molecule has 2 aliphatic heterocycles. The van der Waals surface area contributed by atoms with Gasteiger partial charge in [0.05, 0.1) is 5.41 Å². The van der Waals surface area contributed by atoms with Gasteiger partial charge in [0.15, 0.2) is 0 Å². The highest BCUT2D eigenvalue weighted by molar-refractivity contribution is 5.87. The Bertz CT molecular complexity index is 491. The molecule has 1 amide bonds. The molecule has 2 atom stereocenters. The SMILES string of the molecule is CC(C)CN1C[C@@H](c2ccccc2)[C@@]2(CCCNC2)C1=O. The molecule has 1 N–H and O–H groups in total. The van der Waals surface area contributed by atoms with Gasteiger partial charge in [-0.05, 0) is 30.9 Å². The van der Waals surface area contributed by atoms with E-state index in [-0.39, 0.29) is 5.41 Å². The summed E-state index contributed by atoms with van der Waals surface area (Å²) >= 11 is 0. The Hall–Kier alpha value is -1.35. The van der Waals surface area contributed by atoms with Crippen molar-refractivity contribution in [1.82, 2.24) is 10.2 Å². The number of rotatable bonds is 3. The number of nitrogens with zero attached hydrogens (tertiary/aromatic N) is 1. The van der Waals surface area contributed by atoms with Crippen molar-refractivity contribution < 1.29 is 4.79 Å². The quantitative estimate of drug-likeness (QED) is 0.926. The Balaban J connectivity index is 1.94. The Morgan fingerprint density at radius 2 is 2.10 bits per heavy atom. The van der Waals surface area contributed by atoms with E-state index in [1.807, 2.05) is 0 Å². The van der Waals surface area contributed by atoms with E-state index in [1.165, 1.54) is 5.56 Å². The van der Waals surface area contributed by atoms with E-state index in [2.05, 4.69) is 54.4 Å². The summed E-state index contributed by atoms with van der Waals surface area (Å²) in [6.07, 6.45) is 2.12. The summed E-state index contributed by atoms with van der Waals surface area (Å²) in [7, 11) is 0. The van der Waals surface area contributed by atoms with Gasteiger partial charge in [-0.2, -0.15) is 0 Å². The first-order valence-electron chi connectivity index (χ1n) is 8.18. The zero-order valence-electron chi connectivity index (χ0n) is 13.1. The van der Waals surface area contributed by atoms with Crippen LogP contribution in [0.5, 0.6) is 0 Å². The van der Waals surface area contributed by atoms with Crippen LogP contribution < -0.4 is 5.32 Å². The van der Waals surface area contributed by atoms with Crippen molar-refractivity contribution in [1.29, 1.82) is 0 Å². The maximum absolute atomic E-state index is 13.1. The van der Waals surface area contributed by atoms with Gasteiger partial charge in [0.2, 0.25) is 5.91 Å². The van der Waals surface area contributed by atoms with E-state index in [4.69, 9.17) is 0 Å². The van der Waals surface area contributed by atoms with Gasteiger partial charge in [-0.3, -0.25) is 4.79 Å². The average molecular weight is 286 g/mol. The van der Waals surface area contributed by atoms with Crippen molar-refractivity contribution in [3.8, 4) is 0 Å². The molecule has 2 heterocycles. The number of carbonyl (C=O) groups excluding carboxylic acids is 1. The van der Waals surface area contributed by atoms with Crippen molar-refractivity contribution >= 4 is 5.91 Å². The third kappa shape index (κ3) is 2.59. The Morgan fingerprint density at radius 3 is 2.71 bits per heavy atom. The number of hydrogen-bond donors (Lipinski definition) is 1. The average Bonchev–Trinajstić information content (AvgIpc) is 2.75. The molecule has 3 rings (SSSR count). The normalized spacial score (nSPS) is 29.6. The minimum Gasteiger partial charge on any atom is -0.341 e. The van der Waals surface area contributed by atoms with Crippen LogP contribution in [0.25, 0.3) is 0 Å². The highest BCUT2D eigenvalue weighted by Crippen LogP contribution is 2.48. The number of carbonyl (C=O) groups is 1. The van der Waals surface area contributed by atoms with Crippen molar-refractivity contribution in [3.05, 3.63) is 35.9 Å². The molecule has 0 saturated carbocycles. The van der Waals surface area contributed by atoms with E-state index in [0.29, 0.717) is 17.7 Å². The fourth-order valence-electron chi connectivity index (χ4n) is 4.06. The molecule has 2 fully saturated rings. The largest absolute Gasteiger partial charge is 0.341 e. The second-order valence-corrected chi connectivity index (χ2v) is 7.00. The van der Waals surface area contributed by atoms with Crippen LogP contribution in [0.1, 0.15) is 38.2 Å². The smallest absolute Gasteiger partial charge is 0.230 e. The van der Waals surface area contributed by atoms with Gasteiger partial charge < -0.3 is 10.2 Å². The molecule has 2 aliphatic rings. The topological polar surface area (TPSA) is 32.3 Å². The monoisotopic (exact) mass is 286 g/mol. The molecule has 0 aliphatic carbocycles. The molecule has 0 radical (unpaired) electrons. The van der Waals surface area contributed by atoms with Crippen molar-refractivity contribution in [2.75, 3.05) is 26.2 Å². The molecular weight excluding hydrogens is 260 g/mol. The van der Waals surface area contributed by atoms with Crippen LogP contribution in [-0.4, -0.2) is 37.0 Å². The van der Waals surface area contributed by atoms with E-state index < -0.39 is 0 Å². The minimum absolute atomic E-state index is 0.214. The lowest BCUT2D eigenvalue weighted by atomic mass is 9.69. The maximum atomic E-state index is 13.1. The van der Waals surface area contributed by atoms with Gasteiger partial charge in [0.1, 0.15) is 0 Å². The summed E-state index contributed by atoms with van der Waals surface area (Å²) in [5.74, 6) is 1.23. The van der Waals surface area contributed by atoms with Crippen LogP contribution in [0.4, 0.5) is 0 Å². The van der Waals surface area contributed by atoms with E-state index in [1.54, 1.807) is 0 Å². The number of piperidine rings is 1. The molecule has 0 aromatic heterocycles. The lowest BCUT2D eigenvalue weighted by Gasteiger charge is -2.37. The standard InChI is InChI=1S/C18H26N2O/c1-14(2)11-20-12-16(15-7-4-3-5-8-15)18(17(20)21)9-6-10-19-13-18/h3-5,7-8,14,16,19H,6,9-13H2,1-2H3/t16-,18-/m0/s1. The number of hydrogen-bond acceptors (Lipinski definition) is 2. The van der Waals surface area contributed by atoms with Gasteiger partial charge in [-0.1, -0.05) is 44.2 Å². The van der Waals surface area contributed by atoms with Crippen LogP contribution >= 0.6 is 0 Å². The first-order chi connectivity index (χ1) is 10.1. The lowest BCUT2D eigenvalue weighted by Crippen LogP contribution is -2.48. The number of amides is 1. The Morgan fingerprint density at radius 1 is 1.33 bits per heavy atom. The summed E-state index contributed by atoms with van der Waals surface area (Å²) < 4.78 is 0. The van der Waals surface area contributed by atoms with E-state index in [0.717, 1.165) is 39.0 Å². The van der Waals surface area contributed by atoms with E-state index >= 15 is 0 Å². The summed E-state index contributed by atoms with van der Waals surface area (Å²) in [5.41, 5.74) is 1.11. The van der Waals surface area contributed by atoms with Gasteiger partial charge in [-0.15, -0.1) is 0 Å². The zero-order chi connectivity index (χ0) is 14.9. The van der Waals surface area contributed by atoms with Crippen LogP contribution in [0.3, 0.4) is 0 Å². The molecule has 0 bridgehead atoms. The molecule has 1 spiro atoms. The molecule has 1 aromatic carbocycles. The van der Waals surface area contributed by atoms with Gasteiger partial charge in [0, 0.05) is 25.6 Å². The Kier molecular flexibility index (Phi) is 4.03. The fourth-order valence-corrected chi connectivity index (χ4v) is 4.06. The van der Waals surface area contributed by atoms with Gasteiger partial charge >= 0.3 is 0 Å². The molecule has 2 saturated heterocycles. The molecule has 0 unspecified atom stereocenters. The molecule has 114 valence electrons. The predicted molar refractivity (Wildman–Crippen MR) is 85.1 cm³/mol. The second kappa shape index (κ2) is 5.80. The van der Waals surface area contributed by atoms with Gasteiger partial charge in [-0.25, -0.2) is 0 Å². The van der Waals surface area contributed by atoms with Crippen LogP contribution in [0, 0.1) is 11.3 Å². The molecule has 1 aromatic rings. The Labute approximate surface area is 127 Å². The highest BCUT2D eigenvalue weighted by Gasteiger charge is 2.54. The molecule has 21 heavy (non-hydrogen) atoms. The van der Waals surface area contributed by atoms with Crippen LogP contribution in [0.2, 0.25) is 0 Å². The van der Waals surface area contributed by atoms with E-state index in [9.17, 15) is 4.79 Å². The van der Waals surface area contributed by atoms with Crippen molar-refractivity contribution in [2.45, 2.75) is 32.6 Å². The number of benzene rings is 1. The predicted octanol–water partition coefficient (Wildman–Crippen LogP) is 2.64. The first kappa shape index (κ1) is 14.6. The number of likely N-dealkylation sites (tertiary alicyclic amines) is 1. The van der Waals surface area contributed by atoms with Crippen molar-refractivity contribution in [2.24, 2.45) is 11.3 Å². The molecule has 3 heteroatoms. The summed E-state index contributed by atoms with van der Waals surface area (Å²) in [4.78, 5) is 15.2. The minimum atomic E-state index is -0.214. The fraction of sp³-hybridized carbons (Fsp3) is 0.611. The van der Waals surface area contributed by atoms with Gasteiger partial charge in [0.25, 0.3) is 0 Å². The maximum Gasteiger partial charge on any atom is 0.230 e. The summed E-state index contributed by atoms with van der Waals surface area (Å²) in [6, 6.07) is 10.6. The molecular formula is C18H26N2O. The molecule has 3 nitrogen and oxygen atoms in total. The van der Waals surface area contributed by atoms with Crippen molar-refractivity contribution in [3.63, 3.8) is 0 Å².